The second kappa shape index (κ2) is 3.75. The van der Waals surface area contributed by atoms with Gasteiger partial charge in [0.1, 0.15) is 17.5 Å². The first-order valence-electron chi connectivity index (χ1n) is 4.44. The predicted octanol–water partition coefficient (Wildman–Crippen LogP) is 2.60. The third-order valence-electron chi connectivity index (χ3n) is 2.22. The average Bonchev–Trinajstić information content (AvgIpc) is 2.54. The number of hydrogen-bond donors (Lipinski definition) is 1. The van der Waals surface area contributed by atoms with Crippen LogP contribution in [0.15, 0.2) is 18.2 Å². The van der Waals surface area contributed by atoms with Gasteiger partial charge in [0.25, 0.3) is 0 Å². The molecule has 2 aromatic rings. The molecule has 1 aromatic carbocycles. The van der Waals surface area contributed by atoms with E-state index in [1.54, 1.807) is 7.05 Å². The largest absolute Gasteiger partial charge is 0.384 e. The van der Waals surface area contributed by atoms with Crippen LogP contribution in [0.2, 0.25) is 5.02 Å². The number of nitrogens with zero attached hydrogens (tertiary/aromatic N) is 2. The molecule has 2 N–H and O–H groups in total. The zero-order valence-corrected chi connectivity index (χ0v) is 9.09. The lowest BCUT2D eigenvalue weighted by Gasteiger charge is -2.03. The summed E-state index contributed by atoms with van der Waals surface area (Å²) in [5.74, 6) is -0.985. The zero-order chi connectivity index (χ0) is 11.9. The van der Waals surface area contributed by atoms with Gasteiger partial charge in [0, 0.05) is 13.1 Å². The minimum absolute atomic E-state index is 0.0750. The fourth-order valence-corrected chi connectivity index (χ4v) is 1.62. The lowest BCUT2D eigenvalue weighted by atomic mass is 10.1. The molecular formula is C10H8ClF2N3. The Kier molecular flexibility index (Phi) is 2.55. The molecule has 0 atom stereocenters. The lowest BCUT2D eigenvalue weighted by Crippen LogP contribution is -1.97. The number of benzene rings is 1. The van der Waals surface area contributed by atoms with E-state index in [1.165, 1.54) is 10.7 Å². The van der Waals surface area contributed by atoms with E-state index in [-0.39, 0.29) is 16.3 Å². The van der Waals surface area contributed by atoms with Crippen molar-refractivity contribution in [1.82, 2.24) is 9.78 Å². The smallest absolute Gasteiger partial charge is 0.142 e. The van der Waals surface area contributed by atoms with E-state index in [1.807, 2.05) is 0 Å². The molecule has 84 valence electrons. The van der Waals surface area contributed by atoms with Crippen molar-refractivity contribution in [2.45, 2.75) is 0 Å². The highest BCUT2D eigenvalue weighted by atomic mass is 35.5. The van der Waals surface area contributed by atoms with Gasteiger partial charge in [-0.15, -0.1) is 0 Å². The number of nitrogen functional groups attached to an aromatic ring is 1. The van der Waals surface area contributed by atoms with E-state index in [4.69, 9.17) is 17.3 Å². The van der Waals surface area contributed by atoms with Crippen molar-refractivity contribution >= 4 is 17.4 Å². The average molecular weight is 244 g/mol. The van der Waals surface area contributed by atoms with Crippen molar-refractivity contribution in [3.05, 3.63) is 34.9 Å². The number of hydrogen-bond acceptors (Lipinski definition) is 2. The first-order valence-corrected chi connectivity index (χ1v) is 4.82. The lowest BCUT2D eigenvalue weighted by molar-refractivity contribution is 0.602. The van der Waals surface area contributed by atoms with Crippen LogP contribution in [0.5, 0.6) is 0 Å². The molecule has 0 aliphatic heterocycles. The van der Waals surface area contributed by atoms with Crippen LogP contribution < -0.4 is 5.73 Å². The molecular weight excluding hydrogens is 236 g/mol. The molecule has 0 radical (unpaired) electrons. The molecule has 16 heavy (non-hydrogen) atoms. The van der Waals surface area contributed by atoms with Crippen LogP contribution in [-0.4, -0.2) is 9.78 Å². The molecule has 6 heteroatoms. The summed E-state index contributed by atoms with van der Waals surface area (Å²) in [6.45, 7) is 0. The monoisotopic (exact) mass is 243 g/mol. The van der Waals surface area contributed by atoms with Crippen LogP contribution in [0.3, 0.4) is 0 Å². The molecule has 1 aromatic heterocycles. The fourth-order valence-electron chi connectivity index (χ4n) is 1.37. The Morgan fingerprint density at radius 2 is 1.94 bits per heavy atom. The SMILES string of the molecule is Cn1nc(-c2c(F)ccc(F)c2Cl)cc1N. The van der Waals surface area contributed by atoms with Gasteiger partial charge in [0.05, 0.1) is 16.3 Å². The van der Waals surface area contributed by atoms with Gasteiger partial charge in [-0.2, -0.15) is 5.10 Å². The van der Waals surface area contributed by atoms with E-state index >= 15 is 0 Å². The van der Waals surface area contributed by atoms with Gasteiger partial charge >= 0.3 is 0 Å². The first-order chi connectivity index (χ1) is 7.50. The predicted molar refractivity (Wildman–Crippen MR) is 58.0 cm³/mol. The standard InChI is InChI=1S/C10H8ClF2N3/c1-16-8(14)4-7(15-16)9-5(12)2-3-6(13)10(9)11/h2-4H,14H2,1H3. The summed E-state index contributed by atoms with van der Waals surface area (Å²) < 4.78 is 28.1. The number of aryl methyl sites for hydroxylation is 1. The molecule has 0 bridgehead atoms. The van der Waals surface area contributed by atoms with E-state index < -0.39 is 11.6 Å². The van der Waals surface area contributed by atoms with Crippen molar-refractivity contribution in [2.75, 3.05) is 5.73 Å². The molecule has 2 rings (SSSR count). The van der Waals surface area contributed by atoms with Gasteiger partial charge < -0.3 is 5.73 Å². The molecule has 0 spiro atoms. The Hall–Kier alpha value is -1.62. The Morgan fingerprint density at radius 3 is 2.50 bits per heavy atom. The van der Waals surface area contributed by atoms with Crippen LogP contribution in [0.25, 0.3) is 11.3 Å². The molecule has 3 nitrogen and oxygen atoms in total. The van der Waals surface area contributed by atoms with Crippen molar-refractivity contribution in [1.29, 1.82) is 0 Å². The normalized spacial score (nSPS) is 10.8. The summed E-state index contributed by atoms with van der Waals surface area (Å²) in [7, 11) is 1.60. The third-order valence-corrected chi connectivity index (χ3v) is 2.59. The minimum atomic E-state index is -0.692. The van der Waals surface area contributed by atoms with Crippen molar-refractivity contribution in [2.24, 2.45) is 7.05 Å². The van der Waals surface area contributed by atoms with Gasteiger partial charge in [-0.05, 0) is 12.1 Å². The quantitative estimate of drug-likeness (QED) is 0.783. The minimum Gasteiger partial charge on any atom is -0.384 e. The van der Waals surface area contributed by atoms with Gasteiger partial charge in [-0.1, -0.05) is 11.6 Å². The maximum atomic E-state index is 13.5. The van der Waals surface area contributed by atoms with Gasteiger partial charge in [-0.25, -0.2) is 8.78 Å². The Balaban J connectivity index is 2.68. The zero-order valence-electron chi connectivity index (χ0n) is 8.34. The third kappa shape index (κ3) is 1.63. The fraction of sp³-hybridized carbons (Fsp3) is 0.100. The second-order valence-corrected chi connectivity index (χ2v) is 3.67. The molecule has 0 fully saturated rings. The maximum absolute atomic E-state index is 13.5. The molecule has 1 heterocycles. The van der Waals surface area contributed by atoms with Crippen LogP contribution in [0.4, 0.5) is 14.6 Å². The molecule has 0 amide bonds. The topological polar surface area (TPSA) is 43.8 Å². The summed E-state index contributed by atoms with van der Waals surface area (Å²) in [6.07, 6.45) is 0. The highest BCUT2D eigenvalue weighted by molar-refractivity contribution is 6.33. The Labute approximate surface area is 95.4 Å². The summed E-state index contributed by atoms with van der Waals surface area (Å²) in [5, 5.41) is 3.65. The van der Waals surface area contributed by atoms with E-state index in [0.29, 0.717) is 5.82 Å². The van der Waals surface area contributed by atoms with Gasteiger partial charge in [-0.3, -0.25) is 4.68 Å². The van der Waals surface area contributed by atoms with Gasteiger partial charge in [0.2, 0.25) is 0 Å². The first kappa shape index (κ1) is 10.9. The molecule has 0 saturated carbocycles. The van der Waals surface area contributed by atoms with E-state index in [9.17, 15) is 8.78 Å². The molecule has 0 saturated heterocycles. The van der Waals surface area contributed by atoms with Gasteiger partial charge in [0.15, 0.2) is 0 Å². The highest BCUT2D eigenvalue weighted by Gasteiger charge is 2.17. The van der Waals surface area contributed by atoms with Crippen molar-refractivity contribution in [3.8, 4) is 11.3 Å². The van der Waals surface area contributed by atoms with Crippen LogP contribution >= 0.6 is 11.6 Å². The number of anilines is 1. The van der Waals surface area contributed by atoms with E-state index in [2.05, 4.69) is 5.10 Å². The summed E-state index contributed by atoms with van der Waals surface area (Å²) >= 11 is 5.69. The van der Waals surface area contributed by atoms with Crippen LogP contribution in [0.1, 0.15) is 0 Å². The highest BCUT2D eigenvalue weighted by Crippen LogP contribution is 2.32. The number of halogens is 3. The number of nitrogens with two attached hydrogens (primary N) is 1. The summed E-state index contributed by atoms with van der Waals surface area (Å²) in [6, 6.07) is 3.40. The number of rotatable bonds is 1. The Morgan fingerprint density at radius 1 is 1.31 bits per heavy atom. The molecule has 0 unspecified atom stereocenters. The van der Waals surface area contributed by atoms with Crippen molar-refractivity contribution < 1.29 is 8.78 Å². The molecule has 0 aliphatic rings. The summed E-state index contributed by atoms with van der Waals surface area (Å²) in [5.41, 5.74) is 5.69. The second-order valence-electron chi connectivity index (χ2n) is 3.30. The van der Waals surface area contributed by atoms with E-state index in [0.717, 1.165) is 12.1 Å². The molecule has 0 aliphatic carbocycles. The Bertz CT molecular complexity index is 532. The maximum Gasteiger partial charge on any atom is 0.142 e. The number of aromatic nitrogens is 2. The summed E-state index contributed by atoms with van der Waals surface area (Å²) in [4.78, 5) is 0. The van der Waals surface area contributed by atoms with Crippen molar-refractivity contribution in [3.63, 3.8) is 0 Å². The van der Waals surface area contributed by atoms with Crippen LogP contribution in [-0.2, 0) is 7.05 Å². The van der Waals surface area contributed by atoms with Crippen LogP contribution in [0, 0.1) is 11.6 Å².